The Hall–Kier alpha value is -1.05. The van der Waals surface area contributed by atoms with E-state index in [0.717, 1.165) is 36.4 Å². The molecule has 7 N–H and O–H groups in total. The van der Waals surface area contributed by atoms with E-state index in [1.165, 1.54) is 16.3 Å². The Bertz CT molecular complexity index is 758. The molecule has 1 atom stereocenters. The van der Waals surface area contributed by atoms with E-state index in [0.29, 0.717) is 29.7 Å². The van der Waals surface area contributed by atoms with E-state index in [1.807, 2.05) is 6.07 Å². The van der Waals surface area contributed by atoms with Crippen molar-refractivity contribution in [2.75, 3.05) is 52.9 Å². The summed E-state index contributed by atoms with van der Waals surface area (Å²) in [5.74, 6) is 5.98. The molecule has 0 amide bonds. The van der Waals surface area contributed by atoms with E-state index < -0.39 is 18.4 Å². The van der Waals surface area contributed by atoms with Gasteiger partial charge in [0.05, 0.1) is 24.2 Å². The predicted octanol–water partition coefficient (Wildman–Crippen LogP) is 1.61. The van der Waals surface area contributed by atoms with E-state index >= 15 is 0 Å². The molecule has 0 saturated carbocycles. The molecule has 3 rings (SSSR count). The standard InChI is InChI=1S/C19H31ClN4O4S.CH2F2/c1-18(11-25,12-26)10-24(22)8-13(21)7-23-4-2-19(3-5-23)17-14(6-16(20)29-17)15(27)9-28-19;2-1-3/h6,8,15,25-27H,2-5,7,9-12,21-22H2,1H3;1H2/b13-8-;/t15-;/m1./s1. The van der Waals surface area contributed by atoms with Crippen molar-refractivity contribution in [3.63, 3.8) is 0 Å². The lowest BCUT2D eigenvalue weighted by Gasteiger charge is -2.44. The third-order valence-corrected chi connectivity index (χ3v) is 7.22. The van der Waals surface area contributed by atoms with Crippen molar-refractivity contribution in [3.05, 3.63) is 32.7 Å². The van der Waals surface area contributed by atoms with Gasteiger partial charge in [0.25, 0.3) is 0 Å². The van der Waals surface area contributed by atoms with Crippen molar-refractivity contribution in [1.29, 1.82) is 0 Å². The number of rotatable bonds is 7. The van der Waals surface area contributed by atoms with Gasteiger partial charge in [0.1, 0.15) is 11.7 Å². The monoisotopic (exact) mass is 498 g/mol. The molecule has 0 unspecified atom stereocenters. The molecule has 2 aliphatic rings. The van der Waals surface area contributed by atoms with Crippen LogP contribution >= 0.6 is 22.9 Å². The number of alkyl halides is 2. The molecule has 2 aliphatic heterocycles. The highest BCUT2D eigenvalue weighted by atomic mass is 35.5. The van der Waals surface area contributed by atoms with E-state index in [1.54, 1.807) is 13.1 Å². The van der Waals surface area contributed by atoms with Crippen molar-refractivity contribution in [2.45, 2.75) is 31.5 Å². The number of thiophene rings is 1. The zero-order valence-corrected chi connectivity index (χ0v) is 19.7. The van der Waals surface area contributed by atoms with Gasteiger partial charge in [-0.1, -0.05) is 18.5 Å². The summed E-state index contributed by atoms with van der Waals surface area (Å²) in [7, 11) is 0. The molecule has 3 heterocycles. The van der Waals surface area contributed by atoms with Crippen molar-refractivity contribution in [1.82, 2.24) is 9.91 Å². The average Bonchev–Trinajstić information content (AvgIpc) is 3.16. The summed E-state index contributed by atoms with van der Waals surface area (Å²) in [5, 5.41) is 30.4. The Morgan fingerprint density at radius 1 is 1.41 bits per heavy atom. The molecule has 12 heteroatoms. The summed E-state index contributed by atoms with van der Waals surface area (Å²) in [4.78, 5) is 3.29. The van der Waals surface area contributed by atoms with Gasteiger partial charge in [0, 0.05) is 53.9 Å². The molecule has 0 radical (unpaired) electrons. The molecule has 0 aliphatic carbocycles. The number of aliphatic hydroxyl groups is 3. The first-order valence-electron chi connectivity index (χ1n) is 10.3. The third-order valence-electron chi connectivity index (χ3n) is 5.75. The van der Waals surface area contributed by atoms with Crippen LogP contribution < -0.4 is 11.6 Å². The summed E-state index contributed by atoms with van der Waals surface area (Å²) in [6.07, 6.45) is 2.64. The number of hydrogen-bond donors (Lipinski definition) is 5. The minimum atomic E-state index is -1.75. The van der Waals surface area contributed by atoms with Crippen molar-refractivity contribution in [3.8, 4) is 0 Å². The lowest BCUT2D eigenvalue weighted by Crippen LogP contribution is -2.47. The number of fused-ring (bicyclic) bond motifs is 2. The number of halogens is 3. The van der Waals surface area contributed by atoms with Crippen LogP contribution in [0, 0.1) is 5.41 Å². The van der Waals surface area contributed by atoms with Crippen LogP contribution in [-0.2, 0) is 10.3 Å². The summed E-state index contributed by atoms with van der Waals surface area (Å²) in [6, 6.07) is 1.85. The molecular formula is C20H33ClF2N4O4S. The topological polar surface area (TPSA) is 128 Å². The molecule has 1 aromatic heterocycles. The fourth-order valence-corrected chi connectivity index (χ4v) is 5.45. The van der Waals surface area contributed by atoms with Crippen LogP contribution in [-0.4, -0.2) is 78.2 Å². The summed E-state index contributed by atoms with van der Waals surface area (Å²) >= 11 is 7.70. The Balaban J connectivity index is 0.00000114. The Morgan fingerprint density at radius 2 is 2.00 bits per heavy atom. The smallest absolute Gasteiger partial charge is 0.229 e. The molecule has 184 valence electrons. The first-order chi connectivity index (χ1) is 15.1. The van der Waals surface area contributed by atoms with E-state index in [9.17, 15) is 24.1 Å². The number of likely N-dealkylation sites (tertiary alicyclic amines) is 1. The summed E-state index contributed by atoms with van der Waals surface area (Å²) in [5.41, 5.74) is 6.61. The third kappa shape index (κ3) is 6.73. The van der Waals surface area contributed by atoms with Gasteiger partial charge in [-0.15, -0.1) is 11.3 Å². The van der Waals surface area contributed by atoms with Crippen molar-refractivity contribution in [2.24, 2.45) is 17.0 Å². The maximum atomic E-state index is 10.2. The van der Waals surface area contributed by atoms with Gasteiger partial charge in [-0.25, -0.2) is 14.6 Å². The van der Waals surface area contributed by atoms with Crippen LogP contribution in [0.2, 0.25) is 4.34 Å². The number of hydrogen-bond acceptors (Lipinski definition) is 9. The molecule has 0 bridgehead atoms. The maximum Gasteiger partial charge on any atom is 0.229 e. The van der Waals surface area contributed by atoms with Crippen LogP contribution in [0.4, 0.5) is 8.78 Å². The second-order valence-corrected chi connectivity index (χ2v) is 10.2. The zero-order chi connectivity index (χ0) is 23.9. The fraction of sp³-hybridized carbons (Fsp3) is 0.700. The lowest BCUT2D eigenvalue weighted by molar-refractivity contribution is -0.127. The highest BCUT2D eigenvalue weighted by Crippen LogP contribution is 2.48. The first kappa shape index (κ1) is 27.2. The number of nitrogens with zero attached hydrogens (tertiary/aromatic N) is 2. The molecule has 1 saturated heterocycles. The second kappa shape index (κ2) is 11.9. The second-order valence-electron chi connectivity index (χ2n) is 8.54. The van der Waals surface area contributed by atoms with Gasteiger partial charge in [0.15, 0.2) is 0 Å². The average molecular weight is 499 g/mol. The normalized spacial score (nSPS) is 21.1. The van der Waals surface area contributed by atoms with Crippen LogP contribution in [0.15, 0.2) is 18.0 Å². The zero-order valence-electron chi connectivity index (χ0n) is 18.1. The van der Waals surface area contributed by atoms with E-state index in [2.05, 4.69) is 4.90 Å². The molecule has 8 nitrogen and oxygen atoms in total. The molecular weight excluding hydrogens is 466 g/mol. The van der Waals surface area contributed by atoms with E-state index in [4.69, 9.17) is 27.9 Å². The van der Waals surface area contributed by atoms with Crippen molar-refractivity contribution >= 4 is 22.9 Å². The Morgan fingerprint density at radius 3 is 2.56 bits per heavy atom. The number of nitrogens with two attached hydrogens (primary N) is 2. The molecule has 1 aromatic rings. The molecule has 1 spiro atoms. The lowest BCUT2D eigenvalue weighted by atomic mass is 9.84. The molecule has 0 aromatic carbocycles. The van der Waals surface area contributed by atoms with Crippen LogP contribution in [0.25, 0.3) is 0 Å². The van der Waals surface area contributed by atoms with Crippen LogP contribution in [0.3, 0.4) is 0 Å². The number of piperidine rings is 1. The number of hydrazine groups is 1. The highest BCUT2D eigenvalue weighted by molar-refractivity contribution is 7.16. The quantitative estimate of drug-likeness (QED) is 0.283. The van der Waals surface area contributed by atoms with Gasteiger partial charge < -0.3 is 30.8 Å². The van der Waals surface area contributed by atoms with Gasteiger partial charge in [0.2, 0.25) is 6.93 Å². The highest BCUT2D eigenvalue weighted by Gasteiger charge is 2.44. The predicted molar refractivity (Wildman–Crippen MR) is 120 cm³/mol. The Kier molecular flexibility index (Phi) is 10.1. The molecule has 1 fully saturated rings. The summed E-state index contributed by atoms with van der Waals surface area (Å²) < 4.78 is 26.0. The van der Waals surface area contributed by atoms with Crippen LogP contribution in [0.1, 0.15) is 36.3 Å². The summed E-state index contributed by atoms with van der Waals surface area (Å²) in [6.45, 7) is 2.43. The van der Waals surface area contributed by atoms with Crippen molar-refractivity contribution < 1.29 is 28.8 Å². The first-order valence-corrected chi connectivity index (χ1v) is 11.5. The maximum absolute atomic E-state index is 10.2. The van der Waals surface area contributed by atoms with Crippen LogP contribution in [0.5, 0.6) is 0 Å². The van der Waals surface area contributed by atoms with Gasteiger partial charge >= 0.3 is 0 Å². The fourth-order valence-electron chi connectivity index (χ4n) is 3.96. The largest absolute Gasteiger partial charge is 0.400 e. The van der Waals surface area contributed by atoms with Gasteiger partial charge in [-0.3, -0.25) is 4.90 Å². The number of ether oxygens (including phenoxy) is 1. The number of aliphatic hydroxyl groups excluding tert-OH is 3. The minimum Gasteiger partial charge on any atom is -0.400 e. The van der Waals surface area contributed by atoms with Gasteiger partial charge in [-0.05, 0) is 18.9 Å². The Labute approximate surface area is 196 Å². The van der Waals surface area contributed by atoms with E-state index in [-0.39, 0.29) is 18.8 Å². The molecule has 32 heavy (non-hydrogen) atoms. The SMILES string of the molecule is CC(CO)(CO)CN(N)/C=C(\N)CN1CCC2(CC1)OC[C@@H](O)c1cc(Cl)sc12.FCF. The van der Waals surface area contributed by atoms with Gasteiger partial charge in [-0.2, -0.15) is 0 Å². The minimum absolute atomic E-state index is 0.164.